The zero-order valence-electron chi connectivity index (χ0n) is 11.2. The van der Waals surface area contributed by atoms with Crippen LogP contribution in [0, 0.1) is 5.92 Å². The maximum Gasteiger partial charge on any atom is 0.309 e. The molecule has 1 aromatic heterocycles. The third-order valence-electron chi connectivity index (χ3n) is 3.44. The van der Waals surface area contributed by atoms with Crippen molar-refractivity contribution < 1.29 is 9.53 Å². The van der Waals surface area contributed by atoms with Crippen LogP contribution in [0.3, 0.4) is 0 Å². The van der Waals surface area contributed by atoms with Gasteiger partial charge in [-0.25, -0.2) is 0 Å². The van der Waals surface area contributed by atoms with Gasteiger partial charge in [0.05, 0.1) is 12.5 Å². The summed E-state index contributed by atoms with van der Waals surface area (Å²) >= 11 is 0. The van der Waals surface area contributed by atoms with Gasteiger partial charge in [-0.2, -0.15) is 0 Å². The van der Waals surface area contributed by atoms with Crippen LogP contribution in [-0.2, 0) is 16.0 Å². The first-order valence-electron chi connectivity index (χ1n) is 6.87. The second kappa shape index (κ2) is 5.98. The van der Waals surface area contributed by atoms with E-state index in [0.717, 1.165) is 18.5 Å². The zero-order chi connectivity index (χ0) is 13.0. The lowest BCUT2D eigenvalue weighted by Gasteiger charge is -2.03. The first-order valence-corrected chi connectivity index (χ1v) is 6.87. The summed E-state index contributed by atoms with van der Waals surface area (Å²) in [6, 6.07) is 4.20. The van der Waals surface area contributed by atoms with Crippen LogP contribution >= 0.6 is 0 Å². The molecule has 98 valence electrons. The highest BCUT2D eigenvalue weighted by molar-refractivity contribution is 5.77. The lowest BCUT2D eigenvalue weighted by Crippen LogP contribution is -2.07. The topological polar surface area (TPSA) is 39.2 Å². The van der Waals surface area contributed by atoms with Gasteiger partial charge in [0.2, 0.25) is 0 Å². The number of unbranched alkanes of at least 4 members (excludes halogenated alkanes) is 1. The number of rotatable bonds is 6. The van der Waals surface area contributed by atoms with Crippen LogP contribution in [0.1, 0.15) is 50.3 Å². The minimum absolute atomic E-state index is 0.0578. The van der Waals surface area contributed by atoms with Gasteiger partial charge >= 0.3 is 5.97 Å². The van der Waals surface area contributed by atoms with Crippen molar-refractivity contribution in [2.75, 3.05) is 6.61 Å². The van der Waals surface area contributed by atoms with Gasteiger partial charge < -0.3 is 4.74 Å². The molecule has 0 saturated heterocycles. The molecule has 1 saturated carbocycles. The number of aryl methyl sites for hydroxylation is 1. The third-order valence-corrected chi connectivity index (χ3v) is 3.44. The predicted octanol–water partition coefficient (Wildman–Crippen LogP) is 3.09. The van der Waals surface area contributed by atoms with Gasteiger partial charge in [0.1, 0.15) is 0 Å². The van der Waals surface area contributed by atoms with E-state index in [4.69, 9.17) is 4.74 Å². The highest BCUT2D eigenvalue weighted by Gasteiger charge is 2.45. The zero-order valence-corrected chi connectivity index (χ0v) is 11.2. The van der Waals surface area contributed by atoms with Crippen LogP contribution in [0.5, 0.6) is 0 Å². The van der Waals surface area contributed by atoms with E-state index in [-0.39, 0.29) is 11.9 Å². The minimum Gasteiger partial charge on any atom is -0.466 e. The van der Waals surface area contributed by atoms with Gasteiger partial charge in [-0.3, -0.25) is 9.78 Å². The molecule has 0 aromatic carbocycles. The van der Waals surface area contributed by atoms with E-state index >= 15 is 0 Å². The summed E-state index contributed by atoms with van der Waals surface area (Å²) in [5.41, 5.74) is 2.32. The van der Waals surface area contributed by atoms with Crippen molar-refractivity contribution in [3.05, 3.63) is 29.6 Å². The molecule has 18 heavy (non-hydrogen) atoms. The van der Waals surface area contributed by atoms with E-state index in [1.807, 2.05) is 13.1 Å². The lowest BCUT2D eigenvalue weighted by atomic mass is 10.1. The fourth-order valence-electron chi connectivity index (χ4n) is 2.23. The van der Waals surface area contributed by atoms with Crippen molar-refractivity contribution >= 4 is 5.97 Å². The Balaban J connectivity index is 1.90. The number of pyridine rings is 1. The number of carbonyl (C=O) groups is 1. The molecule has 3 heteroatoms. The SMILES string of the molecule is CCCCc1ccc(C2CC2C(=O)OCC)cn1. The van der Waals surface area contributed by atoms with Crippen molar-refractivity contribution in [3.63, 3.8) is 0 Å². The lowest BCUT2D eigenvalue weighted by molar-refractivity contribution is -0.144. The van der Waals surface area contributed by atoms with E-state index in [0.29, 0.717) is 12.5 Å². The Morgan fingerprint density at radius 2 is 2.28 bits per heavy atom. The molecule has 1 heterocycles. The molecule has 1 aliphatic rings. The molecule has 0 radical (unpaired) electrons. The maximum absolute atomic E-state index is 11.6. The number of aromatic nitrogens is 1. The van der Waals surface area contributed by atoms with Crippen LogP contribution < -0.4 is 0 Å². The Morgan fingerprint density at radius 3 is 2.89 bits per heavy atom. The third kappa shape index (κ3) is 3.09. The molecule has 0 spiro atoms. The summed E-state index contributed by atoms with van der Waals surface area (Å²) < 4.78 is 5.04. The Morgan fingerprint density at radius 1 is 1.44 bits per heavy atom. The fourth-order valence-corrected chi connectivity index (χ4v) is 2.23. The summed E-state index contributed by atoms with van der Waals surface area (Å²) in [5, 5.41) is 0. The van der Waals surface area contributed by atoms with Crippen molar-refractivity contribution in [3.8, 4) is 0 Å². The van der Waals surface area contributed by atoms with Gasteiger partial charge in [0, 0.05) is 11.9 Å². The Labute approximate surface area is 109 Å². The quantitative estimate of drug-likeness (QED) is 0.725. The number of ether oxygens (including phenoxy) is 1. The molecule has 1 aromatic rings. The highest BCUT2D eigenvalue weighted by atomic mass is 16.5. The highest BCUT2D eigenvalue weighted by Crippen LogP contribution is 2.47. The number of hydrogen-bond donors (Lipinski definition) is 0. The van der Waals surface area contributed by atoms with E-state index in [2.05, 4.69) is 24.0 Å². The van der Waals surface area contributed by atoms with Crippen molar-refractivity contribution in [2.24, 2.45) is 5.92 Å². The predicted molar refractivity (Wildman–Crippen MR) is 70.3 cm³/mol. The summed E-state index contributed by atoms with van der Waals surface area (Å²) in [4.78, 5) is 16.0. The van der Waals surface area contributed by atoms with Crippen LogP contribution in [0.4, 0.5) is 0 Å². The molecular formula is C15H21NO2. The van der Waals surface area contributed by atoms with Gasteiger partial charge in [-0.15, -0.1) is 0 Å². The Bertz CT molecular complexity index is 399. The fraction of sp³-hybridized carbons (Fsp3) is 0.600. The number of hydrogen-bond acceptors (Lipinski definition) is 3. The molecule has 3 nitrogen and oxygen atoms in total. The Kier molecular flexibility index (Phi) is 4.34. The monoisotopic (exact) mass is 247 g/mol. The number of carbonyl (C=O) groups excluding carboxylic acids is 1. The molecule has 0 bridgehead atoms. The summed E-state index contributed by atoms with van der Waals surface area (Å²) in [6.45, 7) is 4.50. The van der Waals surface area contributed by atoms with E-state index in [9.17, 15) is 4.79 Å². The first-order chi connectivity index (χ1) is 8.76. The normalized spacial score (nSPS) is 21.7. The van der Waals surface area contributed by atoms with Crippen LogP contribution in [0.2, 0.25) is 0 Å². The molecule has 0 N–H and O–H groups in total. The van der Waals surface area contributed by atoms with Crippen molar-refractivity contribution in [1.82, 2.24) is 4.98 Å². The van der Waals surface area contributed by atoms with Gasteiger partial charge in [0.15, 0.2) is 0 Å². The van der Waals surface area contributed by atoms with E-state index in [1.54, 1.807) is 0 Å². The second-order valence-corrected chi connectivity index (χ2v) is 4.89. The van der Waals surface area contributed by atoms with Crippen molar-refractivity contribution in [2.45, 2.75) is 45.4 Å². The minimum atomic E-state index is -0.0578. The van der Waals surface area contributed by atoms with E-state index < -0.39 is 0 Å². The molecule has 1 aliphatic carbocycles. The Hall–Kier alpha value is -1.38. The number of nitrogens with zero attached hydrogens (tertiary/aromatic N) is 1. The molecular weight excluding hydrogens is 226 g/mol. The number of esters is 1. The van der Waals surface area contributed by atoms with E-state index in [1.165, 1.54) is 18.4 Å². The summed E-state index contributed by atoms with van der Waals surface area (Å²) in [5.74, 6) is 0.336. The average Bonchev–Trinajstić information content (AvgIpc) is 3.17. The smallest absolute Gasteiger partial charge is 0.309 e. The molecule has 0 amide bonds. The van der Waals surface area contributed by atoms with Gasteiger partial charge in [-0.1, -0.05) is 19.4 Å². The van der Waals surface area contributed by atoms with Crippen LogP contribution in [0.25, 0.3) is 0 Å². The average molecular weight is 247 g/mol. The van der Waals surface area contributed by atoms with Gasteiger partial charge in [0.25, 0.3) is 0 Å². The van der Waals surface area contributed by atoms with Gasteiger partial charge in [-0.05, 0) is 43.7 Å². The van der Waals surface area contributed by atoms with Crippen LogP contribution in [-0.4, -0.2) is 17.6 Å². The molecule has 2 rings (SSSR count). The van der Waals surface area contributed by atoms with Crippen LogP contribution in [0.15, 0.2) is 18.3 Å². The molecule has 2 unspecified atom stereocenters. The largest absolute Gasteiger partial charge is 0.466 e. The summed E-state index contributed by atoms with van der Waals surface area (Å²) in [7, 11) is 0. The molecule has 2 atom stereocenters. The molecule has 0 aliphatic heterocycles. The standard InChI is InChI=1S/C15H21NO2/c1-3-5-6-12-8-7-11(10-16-12)13-9-14(13)15(17)18-4-2/h7-8,10,13-14H,3-6,9H2,1-2H3. The molecule has 1 fully saturated rings. The van der Waals surface area contributed by atoms with Crippen molar-refractivity contribution in [1.29, 1.82) is 0 Å². The summed E-state index contributed by atoms with van der Waals surface area (Å²) in [6.07, 6.45) is 6.25. The second-order valence-electron chi connectivity index (χ2n) is 4.89. The first kappa shape index (κ1) is 13.1. The maximum atomic E-state index is 11.6.